The molecule has 0 unspecified atom stereocenters. The van der Waals surface area contributed by atoms with Crippen molar-refractivity contribution in [3.8, 4) is 5.88 Å². The van der Waals surface area contributed by atoms with Crippen LogP contribution in [0.1, 0.15) is 23.2 Å². The number of aromatic nitrogens is 3. The minimum absolute atomic E-state index is 0.652. The van der Waals surface area contributed by atoms with Gasteiger partial charge in [-0.05, 0) is 37.4 Å². The number of nitrogens with zero attached hydrogens (tertiary/aromatic N) is 2. The SMILES string of the molecule is COc1ccc(CNCCCc2cn[nH]c2C)cn1. The van der Waals surface area contributed by atoms with Gasteiger partial charge in [0.2, 0.25) is 5.88 Å². The van der Waals surface area contributed by atoms with Crippen LogP contribution in [-0.2, 0) is 13.0 Å². The van der Waals surface area contributed by atoms with Crippen molar-refractivity contribution in [2.24, 2.45) is 0 Å². The van der Waals surface area contributed by atoms with E-state index in [0.29, 0.717) is 5.88 Å². The zero-order valence-corrected chi connectivity index (χ0v) is 11.4. The Morgan fingerprint density at radius 1 is 1.32 bits per heavy atom. The van der Waals surface area contributed by atoms with Crippen LogP contribution in [0.5, 0.6) is 5.88 Å². The van der Waals surface area contributed by atoms with E-state index < -0.39 is 0 Å². The molecule has 0 spiro atoms. The van der Waals surface area contributed by atoms with E-state index in [4.69, 9.17) is 4.74 Å². The predicted octanol–water partition coefficient (Wildman–Crippen LogP) is 1.84. The zero-order valence-electron chi connectivity index (χ0n) is 11.4. The maximum atomic E-state index is 5.02. The molecule has 0 bridgehead atoms. The Kier molecular flexibility index (Phi) is 4.92. The molecule has 19 heavy (non-hydrogen) atoms. The van der Waals surface area contributed by atoms with Crippen LogP contribution in [-0.4, -0.2) is 28.8 Å². The summed E-state index contributed by atoms with van der Waals surface area (Å²) in [5.41, 5.74) is 3.63. The van der Waals surface area contributed by atoms with Crippen LogP contribution in [0.4, 0.5) is 0 Å². The summed E-state index contributed by atoms with van der Waals surface area (Å²) >= 11 is 0. The minimum atomic E-state index is 0.652. The lowest BCUT2D eigenvalue weighted by Crippen LogP contribution is -2.15. The van der Waals surface area contributed by atoms with Crippen molar-refractivity contribution < 1.29 is 4.74 Å². The third kappa shape index (κ3) is 4.06. The number of ether oxygens (including phenoxy) is 1. The summed E-state index contributed by atoms with van der Waals surface area (Å²) in [4.78, 5) is 4.17. The highest BCUT2D eigenvalue weighted by Gasteiger charge is 2.00. The van der Waals surface area contributed by atoms with Gasteiger partial charge in [-0.1, -0.05) is 6.07 Å². The van der Waals surface area contributed by atoms with Gasteiger partial charge >= 0.3 is 0 Å². The molecule has 0 atom stereocenters. The topological polar surface area (TPSA) is 62.8 Å². The van der Waals surface area contributed by atoms with E-state index in [9.17, 15) is 0 Å². The molecule has 2 aromatic rings. The molecule has 0 radical (unpaired) electrons. The monoisotopic (exact) mass is 260 g/mol. The second-order valence-electron chi connectivity index (χ2n) is 4.51. The summed E-state index contributed by atoms with van der Waals surface area (Å²) in [5.74, 6) is 0.652. The van der Waals surface area contributed by atoms with Crippen LogP contribution >= 0.6 is 0 Å². The molecule has 5 nitrogen and oxygen atoms in total. The molecule has 0 aliphatic heterocycles. The number of aromatic amines is 1. The van der Waals surface area contributed by atoms with E-state index >= 15 is 0 Å². The highest BCUT2D eigenvalue weighted by atomic mass is 16.5. The zero-order chi connectivity index (χ0) is 13.5. The number of methoxy groups -OCH3 is 1. The Labute approximate surface area is 113 Å². The van der Waals surface area contributed by atoms with Crippen molar-refractivity contribution in [1.29, 1.82) is 0 Å². The molecule has 2 heterocycles. The molecule has 0 aliphatic carbocycles. The fourth-order valence-electron chi connectivity index (χ4n) is 1.90. The summed E-state index contributed by atoms with van der Waals surface area (Å²) in [6, 6.07) is 3.91. The molecule has 2 N–H and O–H groups in total. The molecule has 2 aromatic heterocycles. The van der Waals surface area contributed by atoms with Crippen molar-refractivity contribution in [3.63, 3.8) is 0 Å². The summed E-state index contributed by atoms with van der Waals surface area (Å²) in [6.07, 6.45) is 5.90. The van der Waals surface area contributed by atoms with Gasteiger partial charge in [0, 0.05) is 24.5 Å². The first kappa shape index (κ1) is 13.5. The molecule has 102 valence electrons. The van der Waals surface area contributed by atoms with Gasteiger partial charge in [0.25, 0.3) is 0 Å². The van der Waals surface area contributed by atoms with Gasteiger partial charge in [-0.3, -0.25) is 5.10 Å². The van der Waals surface area contributed by atoms with Crippen molar-refractivity contribution in [3.05, 3.63) is 41.3 Å². The number of pyridine rings is 1. The van der Waals surface area contributed by atoms with Gasteiger partial charge in [0.15, 0.2) is 0 Å². The van der Waals surface area contributed by atoms with Crippen LogP contribution < -0.4 is 10.1 Å². The highest BCUT2D eigenvalue weighted by molar-refractivity contribution is 5.17. The fourth-order valence-corrected chi connectivity index (χ4v) is 1.90. The predicted molar refractivity (Wildman–Crippen MR) is 74.1 cm³/mol. The lowest BCUT2D eigenvalue weighted by Gasteiger charge is -2.05. The van der Waals surface area contributed by atoms with Crippen LogP contribution in [0.15, 0.2) is 24.5 Å². The van der Waals surface area contributed by atoms with Gasteiger partial charge in [-0.2, -0.15) is 5.10 Å². The Hall–Kier alpha value is -1.88. The molecule has 5 heteroatoms. The standard InChI is InChI=1S/C14H20N4O/c1-11-13(10-17-18-11)4-3-7-15-8-12-5-6-14(19-2)16-9-12/h5-6,9-10,15H,3-4,7-8H2,1-2H3,(H,17,18). The molecule has 0 aliphatic rings. The minimum Gasteiger partial charge on any atom is -0.481 e. The molecule has 0 aromatic carbocycles. The van der Waals surface area contributed by atoms with Gasteiger partial charge in [-0.15, -0.1) is 0 Å². The van der Waals surface area contributed by atoms with Crippen molar-refractivity contribution >= 4 is 0 Å². The summed E-state index contributed by atoms with van der Waals surface area (Å²) in [7, 11) is 1.62. The van der Waals surface area contributed by atoms with Gasteiger partial charge in [0.1, 0.15) is 0 Å². The molecular weight excluding hydrogens is 240 g/mol. The van der Waals surface area contributed by atoms with E-state index in [1.807, 2.05) is 24.5 Å². The summed E-state index contributed by atoms with van der Waals surface area (Å²) in [6.45, 7) is 3.87. The average molecular weight is 260 g/mol. The second kappa shape index (κ2) is 6.89. The van der Waals surface area contributed by atoms with Gasteiger partial charge < -0.3 is 10.1 Å². The first-order valence-corrected chi connectivity index (χ1v) is 6.48. The number of hydrogen-bond acceptors (Lipinski definition) is 4. The fraction of sp³-hybridized carbons (Fsp3) is 0.429. The maximum absolute atomic E-state index is 5.02. The van der Waals surface area contributed by atoms with Gasteiger partial charge in [-0.25, -0.2) is 4.98 Å². The summed E-state index contributed by atoms with van der Waals surface area (Å²) < 4.78 is 5.02. The molecular formula is C14H20N4O. The molecule has 2 rings (SSSR count). The normalized spacial score (nSPS) is 10.6. The maximum Gasteiger partial charge on any atom is 0.212 e. The number of rotatable bonds is 7. The van der Waals surface area contributed by atoms with E-state index in [-0.39, 0.29) is 0 Å². The smallest absolute Gasteiger partial charge is 0.212 e. The van der Waals surface area contributed by atoms with E-state index in [1.165, 1.54) is 16.8 Å². The Balaban J connectivity index is 1.65. The van der Waals surface area contributed by atoms with Crippen molar-refractivity contribution in [2.45, 2.75) is 26.3 Å². The third-order valence-corrected chi connectivity index (χ3v) is 3.07. The quantitative estimate of drug-likeness (QED) is 0.746. The molecule has 0 amide bonds. The number of H-pyrrole nitrogens is 1. The van der Waals surface area contributed by atoms with E-state index in [1.54, 1.807) is 7.11 Å². The van der Waals surface area contributed by atoms with E-state index in [0.717, 1.165) is 25.9 Å². The Morgan fingerprint density at radius 3 is 2.84 bits per heavy atom. The molecule has 0 saturated carbocycles. The lowest BCUT2D eigenvalue weighted by atomic mass is 10.1. The second-order valence-corrected chi connectivity index (χ2v) is 4.51. The van der Waals surface area contributed by atoms with Crippen LogP contribution in [0.2, 0.25) is 0 Å². The molecule has 0 fully saturated rings. The first-order valence-electron chi connectivity index (χ1n) is 6.48. The van der Waals surface area contributed by atoms with Crippen molar-refractivity contribution in [2.75, 3.05) is 13.7 Å². The number of hydrogen-bond donors (Lipinski definition) is 2. The summed E-state index contributed by atoms with van der Waals surface area (Å²) in [5, 5.41) is 10.4. The van der Waals surface area contributed by atoms with Crippen LogP contribution in [0.3, 0.4) is 0 Å². The van der Waals surface area contributed by atoms with Crippen LogP contribution in [0.25, 0.3) is 0 Å². The Bertz CT molecular complexity index is 492. The third-order valence-electron chi connectivity index (χ3n) is 3.07. The Morgan fingerprint density at radius 2 is 2.21 bits per heavy atom. The first-order chi connectivity index (χ1) is 9.29. The van der Waals surface area contributed by atoms with Gasteiger partial charge in [0.05, 0.1) is 13.3 Å². The van der Waals surface area contributed by atoms with E-state index in [2.05, 4.69) is 27.4 Å². The number of aryl methyl sites for hydroxylation is 2. The average Bonchev–Trinajstić information content (AvgIpc) is 2.85. The highest BCUT2D eigenvalue weighted by Crippen LogP contribution is 2.07. The largest absolute Gasteiger partial charge is 0.481 e. The van der Waals surface area contributed by atoms with Crippen molar-refractivity contribution in [1.82, 2.24) is 20.5 Å². The lowest BCUT2D eigenvalue weighted by molar-refractivity contribution is 0.397. The number of nitrogens with one attached hydrogen (secondary N) is 2. The molecule has 0 saturated heterocycles. The van der Waals surface area contributed by atoms with Crippen LogP contribution in [0, 0.1) is 6.92 Å².